The Balaban J connectivity index is 1.35. The van der Waals surface area contributed by atoms with Crippen molar-refractivity contribution in [3.8, 4) is 0 Å². The number of hydrogen-bond acceptors (Lipinski definition) is 5. The lowest BCUT2D eigenvalue weighted by molar-refractivity contribution is -0.129. The first-order chi connectivity index (χ1) is 17.4. The number of nitrogens with one attached hydrogen (secondary N) is 2. The molecule has 0 aromatic heterocycles. The van der Waals surface area contributed by atoms with Gasteiger partial charge in [0.2, 0.25) is 0 Å². The molecule has 2 unspecified atom stereocenters. The lowest BCUT2D eigenvalue weighted by atomic mass is 9.93. The van der Waals surface area contributed by atoms with Crippen molar-refractivity contribution in [3.63, 3.8) is 0 Å². The van der Waals surface area contributed by atoms with Gasteiger partial charge in [0.1, 0.15) is 22.8 Å². The third kappa shape index (κ3) is 4.80. The first-order valence-corrected chi connectivity index (χ1v) is 13.9. The van der Waals surface area contributed by atoms with Gasteiger partial charge in [0.15, 0.2) is 0 Å². The maximum absolute atomic E-state index is 13.9. The van der Waals surface area contributed by atoms with Crippen LogP contribution in [0.5, 0.6) is 0 Å². The van der Waals surface area contributed by atoms with Crippen molar-refractivity contribution in [3.05, 3.63) is 86.8 Å². The van der Waals surface area contributed by atoms with Crippen LogP contribution in [0.2, 0.25) is 10.0 Å². The fraction of sp³-hybridized carbons (Fsp3) is 0.346. The molecule has 3 aliphatic heterocycles. The largest absolute Gasteiger partial charge is 0.344 e. The number of carbonyl (C=O) groups excluding carboxylic acids is 1. The molecule has 1 amide bonds. The van der Waals surface area contributed by atoms with E-state index in [1.54, 1.807) is 6.07 Å². The van der Waals surface area contributed by atoms with Gasteiger partial charge in [-0.15, -0.1) is 0 Å². The molecule has 2 atom stereocenters. The molecule has 0 bridgehead atoms. The minimum absolute atomic E-state index is 0.0402. The van der Waals surface area contributed by atoms with Gasteiger partial charge in [-0.3, -0.25) is 9.80 Å². The zero-order valence-corrected chi connectivity index (χ0v) is 22.6. The molecule has 0 radical (unpaired) electrons. The van der Waals surface area contributed by atoms with Gasteiger partial charge in [-0.1, -0.05) is 48.3 Å². The molecule has 7 nitrogen and oxygen atoms in total. The molecule has 0 spiro atoms. The molecule has 1 saturated heterocycles. The third-order valence-corrected chi connectivity index (χ3v) is 9.10. The first-order valence-electron chi connectivity index (χ1n) is 12.1. The number of rotatable bonds is 5. The van der Waals surface area contributed by atoms with Crippen LogP contribution in [0.4, 0.5) is 0 Å². The predicted octanol–water partition coefficient (Wildman–Crippen LogP) is 4.00. The van der Waals surface area contributed by atoms with Crippen molar-refractivity contribution in [1.82, 2.24) is 25.0 Å². The number of amides is 1. The molecular formula is C26H29Cl2N5O2S. The van der Waals surface area contributed by atoms with E-state index in [2.05, 4.69) is 23.7 Å². The SMILES string of the molecule is CCc1ccc(S(=O)N2CCN(C(=O)C3=C(C)NC4=CCNN4C3c3ccc(Cl)c(Cl)c3)CC2)cc1. The highest BCUT2D eigenvalue weighted by Gasteiger charge is 2.40. The topological polar surface area (TPSA) is 67.9 Å². The van der Waals surface area contributed by atoms with Gasteiger partial charge in [0, 0.05) is 38.4 Å². The van der Waals surface area contributed by atoms with Crippen molar-refractivity contribution < 1.29 is 9.00 Å². The summed E-state index contributed by atoms with van der Waals surface area (Å²) in [5.41, 5.74) is 6.91. The van der Waals surface area contributed by atoms with Gasteiger partial charge >= 0.3 is 0 Å². The Kier molecular flexibility index (Phi) is 7.42. The standard InChI is InChI=1S/C26H29Cl2N5O2S/c1-3-18-4-7-20(8-5-18)36(35)32-14-12-31(13-15-32)26(34)24-17(2)30-23-10-11-29-33(23)25(24)19-6-9-21(27)22(28)16-19/h4-10,16,25,29-30H,3,11-15H2,1-2H3. The van der Waals surface area contributed by atoms with Crippen LogP contribution < -0.4 is 10.7 Å². The van der Waals surface area contributed by atoms with Crippen LogP contribution in [0.25, 0.3) is 0 Å². The number of benzene rings is 2. The lowest BCUT2D eigenvalue weighted by Crippen LogP contribution is -2.52. The Morgan fingerprint density at radius 3 is 2.44 bits per heavy atom. The summed E-state index contributed by atoms with van der Waals surface area (Å²) in [6.07, 6.45) is 3.00. The fourth-order valence-corrected chi connectivity index (χ4v) is 6.32. The Morgan fingerprint density at radius 2 is 1.78 bits per heavy atom. The molecule has 3 heterocycles. The molecule has 2 N–H and O–H groups in total. The summed E-state index contributed by atoms with van der Waals surface area (Å²) in [5, 5.41) is 6.27. The maximum atomic E-state index is 13.9. The zero-order valence-electron chi connectivity index (χ0n) is 20.3. The summed E-state index contributed by atoms with van der Waals surface area (Å²) in [7, 11) is -1.25. The smallest absolute Gasteiger partial charge is 0.254 e. The van der Waals surface area contributed by atoms with Gasteiger partial charge in [-0.05, 0) is 54.8 Å². The number of hydrogen-bond donors (Lipinski definition) is 2. The number of carbonyl (C=O) groups is 1. The Hall–Kier alpha value is -2.36. The van der Waals surface area contributed by atoms with Crippen molar-refractivity contribution in [2.45, 2.75) is 31.2 Å². The van der Waals surface area contributed by atoms with Crippen LogP contribution in [0.3, 0.4) is 0 Å². The van der Waals surface area contributed by atoms with Gasteiger partial charge < -0.3 is 10.2 Å². The molecule has 2 aromatic carbocycles. The van der Waals surface area contributed by atoms with Crippen LogP contribution in [-0.2, 0) is 22.2 Å². The van der Waals surface area contributed by atoms with E-state index >= 15 is 0 Å². The molecule has 0 saturated carbocycles. The Morgan fingerprint density at radius 1 is 1.06 bits per heavy atom. The Bertz CT molecular complexity index is 1260. The number of allylic oxidation sites excluding steroid dienone is 1. The normalized spacial score (nSPS) is 21.2. The predicted molar refractivity (Wildman–Crippen MR) is 143 cm³/mol. The molecule has 0 aliphatic carbocycles. The minimum Gasteiger partial charge on any atom is -0.344 e. The van der Waals surface area contributed by atoms with E-state index in [9.17, 15) is 9.00 Å². The van der Waals surface area contributed by atoms with E-state index in [1.807, 2.05) is 57.5 Å². The summed E-state index contributed by atoms with van der Waals surface area (Å²) >= 11 is 12.5. The average Bonchev–Trinajstić information content (AvgIpc) is 3.37. The summed E-state index contributed by atoms with van der Waals surface area (Å²) < 4.78 is 15.1. The zero-order chi connectivity index (χ0) is 25.4. The quantitative estimate of drug-likeness (QED) is 0.594. The van der Waals surface area contributed by atoms with Crippen molar-refractivity contribution in [2.24, 2.45) is 0 Å². The number of nitrogens with zero attached hydrogens (tertiary/aromatic N) is 3. The molecule has 190 valence electrons. The van der Waals surface area contributed by atoms with Crippen molar-refractivity contribution in [1.29, 1.82) is 0 Å². The average molecular weight is 547 g/mol. The number of fused-ring (bicyclic) bond motifs is 1. The highest BCUT2D eigenvalue weighted by molar-refractivity contribution is 7.82. The molecule has 2 aromatic rings. The lowest BCUT2D eigenvalue weighted by Gasteiger charge is -2.41. The number of hydrazine groups is 1. The van der Waals surface area contributed by atoms with E-state index in [-0.39, 0.29) is 11.9 Å². The van der Waals surface area contributed by atoms with Gasteiger partial charge in [0.25, 0.3) is 5.91 Å². The first kappa shape index (κ1) is 25.3. The highest BCUT2D eigenvalue weighted by atomic mass is 35.5. The third-order valence-electron chi connectivity index (χ3n) is 6.85. The number of piperazine rings is 1. The van der Waals surface area contributed by atoms with Crippen LogP contribution in [0, 0.1) is 0 Å². The van der Waals surface area contributed by atoms with E-state index in [0.717, 1.165) is 28.4 Å². The molecule has 10 heteroatoms. The van der Waals surface area contributed by atoms with E-state index < -0.39 is 11.0 Å². The molecular weight excluding hydrogens is 517 g/mol. The molecule has 3 aliphatic rings. The van der Waals surface area contributed by atoms with Crippen molar-refractivity contribution in [2.75, 3.05) is 32.7 Å². The Labute approximate surface area is 224 Å². The van der Waals surface area contributed by atoms with Crippen LogP contribution in [0.15, 0.2) is 70.5 Å². The van der Waals surface area contributed by atoms with Gasteiger partial charge in [-0.25, -0.2) is 13.9 Å². The molecule has 36 heavy (non-hydrogen) atoms. The van der Waals surface area contributed by atoms with Crippen LogP contribution in [-0.4, -0.2) is 57.1 Å². The minimum atomic E-state index is -1.25. The van der Waals surface area contributed by atoms with E-state index in [0.29, 0.717) is 48.3 Å². The van der Waals surface area contributed by atoms with Crippen molar-refractivity contribution >= 4 is 40.1 Å². The summed E-state index contributed by atoms with van der Waals surface area (Å²) in [4.78, 5) is 16.5. The second-order valence-corrected chi connectivity index (χ2v) is 11.3. The monoisotopic (exact) mass is 545 g/mol. The van der Waals surface area contributed by atoms with Crippen LogP contribution in [0.1, 0.15) is 31.0 Å². The summed E-state index contributed by atoms with van der Waals surface area (Å²) in [5.74, 6) is 0.871. The molecule has 1 fully saturated rings. The highest BCUT2D eigenvalue weighted by Crippen LogP contribution is 2.39. The second kappa shape index (κ2) is 10.6. The second-order valence-electron chi connectivity index (χ2n) is 9.03. The number of aryl methyl sites for hydroxylation is 1. The molecule has 5 rings (SSSR count). The van der Waals surface area contributed by atoms with Gasteiger partial charge in [0.05, 0.1) is 20.5 Å². The fourth-order valence-electron chi connectivity index (χ4n) is 4.85. The van der Waals surface area contributed by atoms with E-state index in [1.165, 1.54) is 5.56 Å². The summed E-state index contributed by atoms with van der Waals surface area (Å²) in [6.45, 7) is 6.77. The number of halogens is 2. The van der Waals surface area contributed by atoms with Crippen LogP contribution >= 0.6 is 23.2 Å². The summed E-state index contributed by atoms with van der Waals surface area (Å²) in [6, 6.07) is 13.1. The van der Waals surface area contributed by atoms with Gasteiger partial charge in [-0.2, -0.15) is 0 Å². The maximum Gasteiger partial charge on any atom is 0.254 e. The van der Waals surface area contributed by atoms with E-state index in [4.69, 9.17) is 23.2 Å².